The Kier molecular flexibility index (Phi) is 5.26. The molecule has 0 bridgehead atoms. The van der Waals surface area contributed by atoms with E-state index in [2.05, 4.69) is 23.2 Å². The van der Waals surface area contributed by atoms with Gasteiger partial charge in [0, 0.05) is 43.3 Å². The SMILES string of the molecule is O=C(Cc1c[nH]c2ccccc12)N1CCN(C(=O)C2(c3ccccc3)CCCC2)CC1. The van der Waals surface area contributed by atoms with Crippen molar-refractivity contribution in [1.82, 2.24) is 14.8 Å². The van der Waals surface area contributed by atoms with Crippen molar-refractivity contribution in [3.63, 3.8) is 0 Å². The van der Waals surface area contributed by atoms with E-state index in [0.717, 1.165) is 47.7 Å². The van der Waals surface area contributed by atoms with Gasteiger partial charge in [-0.15, -0.1) is 0 Å². The summed E-state index contributed by atoms with van der Waals surface area (Å²) in [7, 11) is 0. The maximum absolute atomic E-state index is 13.6. The number of aromatic nitrogens is 1. The van der Waals surface area contributed by atoms with Crippen LogP contribution in [0.5, 0.6) is 0 Å². The molecule has 1 aliphatic carbocycles. The monoisotopic (exact) mass is 415 g/mol. The van der Waals surface area contributed by atoms with Gasteiger partial charge in [-0.3, -0.25) is 9.59 Å². The molecular formula is C26H29N3O2. The topological polar surface area (TPSA) is 56.4 Å². The highest BCUT2D eigenvalue weighted by Gasteiger charge is 2.45. The van der Waals surface area contributed by atoms with Crippen LogP contribution in [0.2, 0.25) is 0 Å². The maximum atomic E-state index is 13.6. The van der Waals surface area contributed by atoms with Crippen LogP contribution in [-0.2, 0) is 21.4 Å². The third-order valence-electron chi connectivity index (χ3n) is 7.13. The first-order valence-corrected chi connectivity index (χ1v) is 11.3. The largest absolute Gasteiger partial charge is 0.361 e. The number of nitrogens with one attached hydrogen (secondary N) is 1. The molecule has 1 saturated carbocycles. The molecule has 5 nitrogen and oxygen atoms in total. The first-order valence-electron chi connectivity index (χ1n) is 11.3. The third-order valence-corrected chi connectivity index (χ3v) is 7.13. The normalized spacial score (nSPS) is 18.5. The number of amides is 2. The predicted octanol–water partition coefficient (Wildman–Crippen LogP) is 3.89. The van der Waals surface area contributed by atoms with Crippen molar-refractivity contribution in [1.29, 1.82) is 0 Å². The average molecular weight is 416 g/mol. The molecule has 0 atom stereocenters. The van der Waals surface area contributed by atoms with Crippen LogP contribution in [0.3, 0.4) is 0 Å². The quantitative estimate of drug-likeness (QED) is 0.703. The van der Waals surface area contributed by atoms with Gasteiger partial charge in [-0.05, 0) is 30.0 Å². The number of benzene rings is 2. The Bertz CT molecular complexity index is 1070. The summed E-state index contributed by atoms with van der Waals surface area (Å²) in [6, 6.07) is 18.3. The Morgan fingerprint density at radius 3 is 2.23 bits per heavy atom. The van der Waals surface area contributed by atoms with E-state index in [0.29, 0.717) is 32.6 Å². The van der Waals surface area contributed by atoms with E-state index in [1.165, 1.54) is 0 Å². The number of hydrogen-bond donors (Lipinski definition) is 1. The lowest BCUT2D eigenvalue weighted by Crippen LogP contribution is -2.55. The molecule has 1 saturated heterocycles. The molecule has 3 aromatic rings. The molecule has 2 aliphatic rings. The van der Waals surface area contributed by atoms with E-state index in [1.807, 2.05) is 52.4 Å². The number of rotatable bonds is 4. The lowest BCUT2D eigenvalue weighted by molar-refractivity contribution is -0.143. The van der Waals surface area contributed by atoms with Crippen molar-refractivity contribution >= 4 is 22.7 Å². The van der Waals surface area contributed by atoms with E-state index in [9.17, 15) is 9.59 Å². The first-order chi connectivity index (χ1) is 15.2. The molecule has 0 unspecified atom stereocenters. The zero-order valence-electron chi connectivity index (χ0n) is 17.8. The standard InChI is InChI=1S/C26H29N3O2/c30-24(18-20-19-27-23-11-5-4-10-22(20)23)28-14-16-29(17-15-28)25(31)26(12-6-7-13-26)21-8-2-1-3-9-21/h1-5,8-11,19,27H,6-7,12-18H2. The smallest absolute Gasteiger partial charge is 0.233 e. The molecule has 1 aromatic heterocycles. The van der Waals surface area contributed by atoms with E-state index < -0.39 is 0 Å². The third kappa shape index (κ3) is 3.62. The molecule has 2 heterocycles. The second-order valence-corrected chi connectivity index (χ2v) is 8.86. The Morgan fingerprint density at radius 2 is 1.48 bits per heavy atom. The van der Waals surface area contributed by atoms with Crippen LogP contribution in [0, 0.1) is 0 Å². The summed E-state index contributed by atoms with van der Waals surface area (Å²) in [5.41, 5.74) is 2.87. The highest BCUT2D eigenvalue weighted by Crippen LogP contribution is 2.42. The minimum absolute atomic E-state index is 0.135. The average Bonchev–Trinajstić information content (AvgIpc) is 3.48. The highest BCUT2D eigenvalue weighted by molar-refractivity contribution is 5.90. The zero-order chi connectivity index (χ0) is 21.3. The van der Waals surface area contributed by atoms with Crippen molar-refractivity contribution < 1.29 is 9.59 Å². The van der Waals surface area contributed by atoms with Crippen LogP contribution < -0.4 is 0 Å². The second kappa shape index (κ2) is 8.22. The van der Waals surface area contributed by atoms with Gasteiger partial charge in [0.05, 0.1) is 11.8 Å². The molecule has 5 heteroatoms. The fourth-order valence-electron chi connectivity index (χ4n) is 5.38. The van der Waals surface area contributed by atoms with Crippen molar-refractivity contribution in [3.8, 4) is 0 Å². The van der Waals surface area contributed by atoms with Crippen LogP contribution >= 0.6 is 0 Å². The molecule has 1 aliphatic heterocycles. The molecule has 2 amide bonds. The first kappa shape index (κ1) is 19.9. The molecule has 0 spiro atoms. The summed E-state index contributed by atoms with van der Waals surface area (Å²) in [6.45, 7) is 2.45. The number of carbonyl (C=O) groups excluding carboxylic acids is 2. The Hall–Kier alpha value is -3.08. The highest BCUT2D eigenvalue weighted by atomic mass is 16.2. The number of H-pyrrole nitrogens is 1. The lowest BCUT2D eigenvalue weighted by atomic mass is 9.77. The number of hydrogen-bond acceptors (Lipinski definition) is 2. The number of para-hydroxylation sites is 1. The van der Waals surface area contributed by atoms with Gasteiger partial charge in [-0.2, -0.15) is 0 Å². The summed E-state index contributed by atoms with van der Waals surface area (Å²) in [6.07, 6.45) is 6.39. The van der Waals surface area contributed by atoms with E-state index >= 15 is 0 Å². The van der Waals surface area contributed by atoms with E-state index in [-0.39, 0.29) is 17.2 Å². The van der Waals surface area contributed by atoms with Gasteiger partial charge in [-0.25, -0.2) is 0 Å². The molecule has 0 radical (unpaired) electrons. The molecule has 160 valence electrons. The van der Waals surface area contributed by atoms with Crippen molar-refractivity contribution in [2.45, 2.75) is 37.5 Å². The van der Waals surface area contributed by atoms with E-state index in [1.54, 1.807) is 0 Å². The number of nitrogens with zero attached hydrogens (tertiary/aromatic N) is 2. The Balaban J connectivity index is 1.24. The summed E-state index contributed by atoms with van der Waals surface area (Å²) in [4.78, 5) is 33.7. The van der Waals surface area contributed by atoms with Gasteiger partial charge in [0.25, 0.3) is 0 Å². The van der Waals surface area contributed by atoms with Crippen molar-refractivity contribution in [3.05, 3.63) is 71.9 Å². The van der Waals surface area contributed by atoms with E-state index in [4.69, 9.17) is 0 Å². The fourth-order valence-corrected chi connectivity index (χ4v) is 5.38. The predicted molar refractivity (Wildman–Crippen MR) is 122 cm³/mol. The summed E-state index contributed by atoms with van der Waals surface area (Å²) in [5.74, 6) is 0.385. The summed E-state index contributed by atoms with van der Waals surface area (Å²) in [5, 5.41) is 1.11. The number of fused-ring (bicyclic) bond motifs is 1. The van der Waals surface area contributed by atoms with Gasteiger partial charge in [0.15, 0.2) is 0 Å². The summed E-state index contributed by atoms with van der Waals surface area (Å²) < 4.78 is 0. The van der Waals surface area contributed by atoms with Crippen molar-refractivity contribution in [2.24, 2.45) is 0 Å². The van der Waals surface area contributed by atoms with Crippen LogP contribution in [0.1, 0.15) is 36.8 Å². The van der Waals surface area contributed by atoms with Gasteiger partial charge < -0.3 is 14.8 Å². The molecule has 31 heavy (non-hydrogen) atoms. The van der Waals surface area contributed by atoms with Crippen LogP contribution in [0.25, 0.3) is 10.9 Å². The molecule has 1 N–H and O–H groups in total. The Labute approximate surface area is 183 Å². The number of aromatic amines is 1. The maximum Gasteiger partial charge on any atom is 0.233 e. The van der Waals surface area contributed by atoms with Gasteiger partial charge in [0.2, 0.25) is 11.8 Å². The van der Waals surface area contributed by atoms with Crippen LogP contribution in [0.4, 0.5) is 0 Å². The minimum Gasteiger partial charge on any atom is -0.361 e. The number of piperazine rings is 1. The van der Waals surface area contributed by atoms with Gasteiger partial charge >= 0.3 is 0 Å². The van der Waals surface area contributed by atoms with Crippen molar-refractivity contribution in [2.75, 3.05) is 26.2 Å². The molecular weight excluding hydrogens is 386 g/mol. The van der Waals surface area contributed by atoms with Crippen LogP contribution in [0.15, 0.2) is 60.8 Å². The molecule has 2 aromatic carbocycles. The fraction of sp³-hybridized carbons (Fsp3) is 0.385. The molecule has 2 fully saturated rings. The van der Waals surface area contributed by atoms with Gasteiger partial charge in [-0.1, -0.05) is 61.4 Å². The van der Waals surface area contributed by atoms with Gasteiger partial charge in [0.1, 0.15) is 0 Å². The Morgan fingerprint density at radius 1 is 0.839 bits per heavy atom. The summed E-state index contributed by atoms with van der Waals surface area (Å²) >= 11 is 0. The zero-order valence-corrected chi connectivity index (χ0v) is 17.8. The molecule has 5 rings (SSSR count). The van der Waals surface area contributed by atoms with Crippen LogP contribution in [-0.4, -0.2) is 52.8 Å². The second-order valence-electron chi connectivity index (χ2n) is 8.86. The minimum atomic E-state index is -0.378. The lowest BCUT2D eigenvalue weighted by Gasteiger charge is -2.40. The number of carbonyl (C=O) groups is 2.